The normalized spacial score (nSPS) is 11.0. The smallest absolute Gasteiger partial charge is 0.0876 e. The number of rotatable bonds is 5. The average Bonchev–Trinajstić information content (AvgIpc) is 3.02. The van der Waals surface area contributed by atoms with E-state index in [1.54, 1.807) is 4.68 Å². The molecule has 5 heteroatoms. The summed E-state index contributed by atoms with van der Waals surface area (Å²) in [6, 6.07) is 21.3. The van der Waals surface area contributed by atoms with Gasteiger partial charge in [-0.2, -0.15) is 12.6 Å². The summed E-state index contributed by atoms with van der Waals surface area (Å²) in [6.07, 6.45) is 2.88. The van der Waals surface area contributed by atoms with Gasteiger partial charge in [0.25, 0.3) is 0 Å². The van der Waals surface area contributed by atoms with Gasteiger partial charge in [0.15, 0.2) is 0 Å². The summed E-state index contributed by atoms with van der Waals surface area (Å²) in [4.78, 5) is 0. The van der Waals surface area contributed by atoms with E-state index in [1.807, 2.05) is 6.20 Å². The molecule has 0 unspecified atom stereocenters. The fourth-order valence-electron chi connectivity index (χ4n) is 2.19. The van der Waals surface area contributed by atoms with Crippen LogP contribution in [0.1, 0.15) is 5.69 Å². The molecule has 0 spiro atoms. The van der Waals surface area contributed by atoms with Crippen LogP contribution >= 0.6 is 20.6 Å². The Kier molecular flexibility index (Phi) is 4.69. The molecule has 0 amide bonds. The quantitative estimate of drug-likeness (QED) is 0.580. The third-order valence-electron chi connectivity index (χ3n) is 3.19. The molecule has 106 valence electrons. The summed E-state index contributed by atoms with van der Waals surface area (Å²) < 4.78 is 1.75. The summed E-state index contributed by atoms with van der Waals surface area (Å²) in [5, 5.41) is 11.1. The average molecular weight is 313 g/mol. The summed E-state index contributed by atoms with van der Waals surface area (Å²) in [5.41, 5.74) is 1.02. The van der Waals surface area contributed by atoms with E-state index >= 15 is 0 Å². The van der Waals surface area contributed by atoms with E-state index in [1.165, 1.54) is 10.6 Å². The van der Waals surface area contributed by atoms with Crippen LogP contribution in [-0.4, -0.2) is 15.0 Å². The van der Waals surface area contributed by atoms with Crippen LogP contribution in [0.15, 0.2) is 66.9 Å². The molecule has 0 aliphatic heterocycles. The predicted octanol–water partition coefficient (Wildman–Crippen LogP) is 2.80. The van der Waals surface area contributed by atoms with E-state index in [2.05, 4.69) is 83.6 Å². The minimum Gasteiger partial charge on any atom is -0.243 e. The fourth-order valence-corrected chi connectivity index (χ4v) is 4.52. The number of nitrogens with zero attached hydrogens (tertiary/aromatic N) is 3. The lowest BCUT2D eigenvalue weighted by Gasteiger charge is -2.17. The molecule has 0 saturated heterocycles. The van der Waals surface area contributed by atoms with Crippen molar-refractivity contribution in [3.05, 3.63) is 72.6 Å². The molecular weight excluding hydrogens is 297 g/mol. The number of hydrogen-bond donors (Lipinski definition) is 1. The van der Waals surface area contributed by atoms with Crippen molar-refractivity contribution in [2.24, 2.45) is 0 Å². The van der Waals surface area contributed by atoms with Gasteiger partial charge in [0, 0.05) is 12.4 Å². The Hall–Kier alpha value is -1.64. The van der Waals surface area contributed by atoms with Gasteiger partial charge >= 0.3 is 0 Å². The predicted molar refractivity (Wildman–Crippen MR) is 91.8 cm³/mol. The molecule has 0 saturated carbocycles. The zero-order valence-corrected chi connectivity index (χ0v) is 13.3. The molecule has 0 atom stereocenters. The van der Waals surface area contributed by atoms with Crippen molar-refractivity contribution in [3.63, 3.8) is 0 Å². The molecule has 0 aliphatic rings. The number of aromatic nitrogens is 3. The number of thiol groups is 1. The van der Waals surface area contributed by atoms with E-state index in [0.717, 1.165) is 11.9 Å². The van der Waals surface area contributed by atoms with Gasteiger partial charge in [0.2, 0.25) is 0 Å². The first kappa shape index (κ1) is 14.3. The van der Waals surface area contributed by atoms with Crippen LogP contribution in [0.3, 0.4) is 0 Å². The minimum atomic E-state index is -0.460. The highest BCUT2D eigenvalue weighted by Crippen LogP contribution is 2.37. The lowest BCUT2D eigenvalue weighted by molar-refractivity contribution is 0.703. The summed E-state index contributed by atoms with van der Waals surface area (Å²) in [6.45, 7) is 0. The molecule has 2 aromatic carbocycles. The third-order valence-corrected chi connectivity index (χ3v) is 5.96. The van der Waals surface area contributed by atoms with Crippen LogP contribution in [0.25, 0.3) is 0 Å². The van der Waals surface area contributed by atoms with Gasteiger partial charge in [-0.3, -0.25) is 0 Å². The largest absolute Gasteiger partial charge is 0.243 e. The van der Waals surface area contributed by atoms with Crippen LogP contribution in [0.4, 0.5) is 0 Å². The van der Waals surface area contributed by atoms with Gasteiger partial charge in [-0.05, 0) is 18.5 Å². The highest BCUT2D eigenvalue weighted by Gasteiger charge is 2.15. The van der Waals surface area contributed by atoms with Crippen LogP contribution in [0, 0.1) is 0 Å². The van der Waals surface area contributed by atoms with Crippen LogP contribution in [0.5, 0.6) is 0 Å². The second-order valence-electron chi connectivity index (χ2n) is 4.65. The number of hydrogen-bond acceptors (Lipinski definition) is 3. The molecule has 0 N–H and O–H groups in total. The summed E-state index contributed by atoms with van der Waals surface area (Å²) in [7, 11) is -0.460. The first-order chi connectivity index (χ1) is 10.4. The van der Waals surface area contributed by atoms with Gasteiger partial charge in [-0.15, -0.1) is 5.10 Å². The maximum absolute atomic E-state index is 4.26. The Balaban J connectivity index is 1.93. The Morgan fingerprint density at radius 2 is 1.48 bits per heavy atom. The van der Waals surface area contributed by atoms with Crippen LogP contribution in [0.2, 0.25) is 0 Å². The van der Waals surface area contributed by atoms with Crippen LogP contribution < -0.4 is 10.6 Å². The second kappa shape index (κ2) is 6.88. The molecule has 0 radical (unpaired) electrons. The molecule has 3 nitrogen and oxygen atoms in total. The molecule has 3 aromatic rings. The zero-order valence-electron chi connectivity index (χ0n) is 11.5. The summed E-state index contributed by atoms with van der Waals surface area (Å²) >= 11 is 4.22. The van der Waals surface area contributed by atoms with Crippen molar-refractivity contribution in [1.29, 1.82) is 0 Å². The molecule has 1 aromatic heterocycles. The zero-order chi connectivity index (χ0) is 14.5. The highest BCUT2D eigenvalue weighted by molar-refractivity contribution is 7.79. The van der Waals surface area contributed by atoms with Crippen molar-refractivity contribution < 1.29 is 0 Å². The van der Waals surface area contributed by atoms with E-state index in [-0.39, 0.29) is 0 Å². The Labute approximate surface area is 131 Å². The van der Waals surface area contributed by atoms with Gasteiger partial charge in [0.05, 0.1) is 11.6 Å². The Morgan fingerprint density at radius 3 is 1.95 bits per heavy atom. The van der Waals surface area contributed by atoms with Crippen LogP contribution in [-0.2, 0) is 12.0 Å². The van der Waals surface area contributed by atoms with Crippen molar-refractivity contribution in [2.75, 3.05) is 0 Å². The molecule has 3 rings (SSSR count). The highest BCUT2D eigenvalue weighted by atomic mass is 32.1. The molecular formula is C16H16N3PS. The van der Waals surface area contributed by atoms with E-state index in [0.29, 0.717) is 5.88 Å². The second-order valence-corrected chi connectivity index (χ2v) is 7.14. The molecule has 0 aliphatic carbocycles. The van der Waals surface area contributed by atoms with E-state index < -0.39 is 7.92 Å². The number of benzene rings is 2. The molecule has 0 fully saturated rings. The standard InChI is InChI=1S/C16H16N3PS/c21-13-19-11-14(17-18-19)12-20(15-7-3-1-4-8-15)16-9-5-2-6-10-16/h1-11,21H,12-13H2. The lowest BCUT2D eigenvalue weighted by Crippen LogP contribution is -2.13. The van der Waals surface area contributed by atoms with Gasteiger partial charge in [0.1, 0.15) is 0 Å². The van der Waals surface area contributed by atoms with Gasteiger partial charge < -0.3 is 0 Å². The van der Waals surface area contributed by atoms with Gasteiger partial charge in [-0.25, -0.2) is 4.68 Å². The molecule has 21 heavy (non-hydrogen) atoms. The molecule has 1 heterocycles. The van der Waals surface area contributed by atoms with Crippen molar-refractivity contribution >= 4 is 31.2 Å². The maximum Gasteiger partial charge on any atom is 0.0876 e. The SMILES string of the molecule is SCn1cc(CP(c2ccccc2)c2ccccc2)nn1. The monoisotopic (exact) mass is 313 g/mol. The van der Waals surface area contributed by atoms with Crippen molar-refractivity contribution in [1.82, 2.24) is 15.0 Å². The third kappa shape index (κ3) is 3.52. The summed E-state index contributed by atoms with van der Waals surface area (Å²) in [5.74, 6) is 0.557. The first-order valence-corrected chi connectivity index (χ1v) is 8.90. The minimum absolute atomic E-state index is 0.460. The van der Waals surface area contributed by atoms with E-state index in [4.69, 9.17) is 0 Å². The molecule has 0 bridgehead atoms. The van der Waals surface area contributed by atoms with E-state index in [9.17, 15) is 0 Å². The first-order valence-electron chi connectivity index (χ1n) is 6.74. The topological polar surface area (TPSA) is 30.7 Å². The van der Waals surface area contributed by atoms with Crippen molar-refractivity contribution in [2.45, 2.75) is 12.0 Å². The Morgan fingerprint density at radius 1 is 0.905 bits per heavy atom. The maximum atomic E-state index is 4.26. The fraction of sp³-hybridized carbons (Fsp3) is 0.125. The van der Waals surface area contributed by atoms with Gasteiger partial charge in [-0.1, -0.05) is 65.9 Å². The van der Waals surface area contributed by atoms with Crippen molar-refractivity contribution in [3.8, 4) is 0 Å². The Bertz CT molecular complexity index is 646. The lowest BCUT2D eigenvalue weighted by atomic mass is 10.4.